The average molecular weight is 559 g/mol. The van der Waals surface area contributed by atoms with Gasteiger partial charge in [0.25, 0.3) is 5.91 Å². The van der Waals surface area contributed by atoms with Crippen LogP contribution < -0.4 is 10.6 Å². The second-order valence-corrected chi connectivity index (χ2v) is 12.6. The molecule has 4 aliphatic rings. The fraction of sp³-hybridized carbons (Fsp3) is 0.531. The quantitative estimate of drug-likeness (QED) is 0.275. The molecule has 4 fully saturated rings. The van der Waals surface area contributed by atoms with Gasteiger partial charge < -0.3 is 15.7 Å². The van der Waals surface area contributed by atoms with Gasteiger partial charge in [0.05, 0.1) is 0 Å². The molecule has 2 aromatic rings. The number of nitrogens with one attached hydrogen (secondary N) is 2. The van der Waals surface area contributed by atoms with E-state index in [0.29, 0.717) is 17.7 Å². The Morgan fingerprint density at radius 2 is 1.68 bits per heavy atom. The number of rotatable bonds is 10. The molecule has 2 aromatic carbocycles. The van der Waals surface area contributed by atoms with Gasteiger partial charge in [0.15, 0.2) is 0 Å². The Hall–Kier alpha value is -2.20. The van der Waals surface area contributed by atoms with Crippen LogP contribution in [0, 0.1) is 24.7 Å². The average Bonchev–Trinajstić information content (AvgIpc) is 2.90. The van der Waals surface area contributed by atoms with Gasteiger partial charge in [-0.3, -0.25) is 9.59 Å². The number of aliphatic carboxylic acids is 1. The Bertz CT molecular complexity index is 1150. The number of amides is 2. The molecule has 3 N–H and O–H groups in total. The van der Waals surface area contributed by atoms with Crippen molar-refractivity contribution in [2.45, 2.75) is 76.8 Å². The first-order valence-corrected chi connectivity index (χ1v) is 15.6. The van der Waals surface area contributed by atoms with Gasteiger partial charge in [0.2, 0.25) is 6.41 Å². The third-order valence-corrected chi connectivity index (χ3v) is 9.43. The van der Waals surface area contributed by atoms with Crippen LogP contribution in [0.5, 0.6) is 0 Å². The van der Waals surface area contributed by atoms with E-state index in [1.807, 2.05) is 49.6 Å². The number of carboxylic acids is 1. The van der Waals surface area contributed by atoms with E-state index in [4.69, 9.17) is 0 Å². The molecule has 4 bridgehead atoms. The molecule has 0 heterocycles. The number of hydrogen-bond donors (Lipinski definition) is 3. The molecular formula is C32H43LiN2O4S. The van der Waals surface area contributed by atoms with Crippen LogP contribution in [0.25, 0.3) is 11.1 Å². The van der Waals surface area contributed by atoms with E-state index < -0.39 is 12.0 Å². The minimum absolute atomic E-state index is 0. The number of thioether (sulfide) groups is 1. The standard InChI is InChI=1S/C21H25NO3S.C11H17NO.Li.H/c1-4-15-9-10-17(18(13-15)16-8-6-5-7-14(16)2)20(23)22-19(21(24)25)11-12-26-3;13-7-12-11-4-8-1-9(5-11)3-10(2-8)6-11;;/h5-10,13,19H,4,11-12H2,1-3H3,(H,22,23)(H,24,25);7-10H,1-6H2,(H,12,13);;. The first-order chi connectivity index (χ1) is 18.8. The van der Waals surface area contributed by atoms with E-state index in [1.54, 1.807) is 17.8 Å². The Morgan fingerprint density at radius 3 is 2.20 bits per heavy atom. The Labute approximate surface area is 255 Å². The summed E-state index contributed by atoms with van der Waals surface area (Å²) in [6.45, 7) is 4.08. The zero-order valence-corrected chi connectivity index (χ0v) is 24.2. The maximum absolute atomic E-state index is 12.8. The second-order valence-electron chi connectivity index (χ2n) is 11.7. The number of carbonyl (C=O) groups is 3. The summed E-state index contributed by atoms with van der Waals surface area (Å²) in [5, 5.41) is 15.2. The van der Waals surface area contributed by atoms with Crippen molar-refractivity contribution >= 4 is 48.9 Å². The topological polar surface area (TPSA) is 95.5 Å². The van der Waals surface area contributed by atoms with Crippen molar-refractivity contribution in [2.24, 2.45) is 17.8 Å². The predicted octanol–water partition coefficient (Wildman–Crippen LogP) is 5.21. The molecule has 212 valence electrons. The van der Waals surface area contributed by atoms with Crippen molar-refractivity contribution in [3.05, 3.63) is 59.2 Å². The zero-order valence-electron chi connectivity index (χ0n) is 23.4. The van der Waals surface area contributed by atoms with Crippen molar-refractivity contribution < 1.29 is 19.5 Å². The normalized spacial score (nSPS) is 24.6. The van der Waals surface area contributed by atoms with Gasteiger partial charge in [-0.2, -0.15) is 11.8 Å². The fourth-order valence-electron chi connectivity index (χ4n) is 7.25. The van der Waals surface area contributed by atoms with E-state index in [-0.39, 0.29) is 30.3 Å². The SMILES string of the molecule is CCc1ccc(C(=O)NC(CCSC)C(=O)O)c(-c2ccccc2C)c1.O=CNC12CC3CC(CC(C3)C1)C2.[LiH]. The monoisotopic (exact) mass is 558 g/mol. The molecule has 1 unspecified atom stereocenters. The first kappa shape index (κ1) is 32.3. The van der Waals surface area contributed by atoms with Gasteiger partial charge in [-0.15, -0.1) is 0 Å². The number of hydrogen-bond acceptors (Lipinski definition) is 4. The summed E-state index contributed by atoms with van der Waals surface area (Å²) in [6.07, 6.45) is 12.2. The molecule has 2 amide bonds. The summed E-state index contributed by atoms with van der Waals surface area (Å²) in [6, 6.07) is 12.8. The van der Waals surface area contributed by atoms with Gasteiger partial charge in [-0.25, -0.2) is 4.79 Å². The molecule has 0 aliphatic heterocycles. The summed E-state index contributed by atoms with van der Waals surface area (Å²) in [7, 11) is 0. The number of carboxylic acid groups (broad SMARTS) is 1. The van der Waals surface area contributed by atoms with Gasteiger partial charge in [-0.05, 0) is 116 Å². The minimum atomic E-state index is -1.00. The summed E-state index contributed by atoms with van der Waals surface area (Å²) in [5.74, 6) is 2.11. The van der Waals surface area contributed by atoms with E-state index in [2.05, 4.69) is 17.6 Å². The van der Waals surface area contributed by atoms with E-state index >= 15 is 0 Å². The molecular weight excluding hydrogens is 515 g/mol. The van der Waals surface area contributed by atoms with Crippen molar-refractivity contribution in [1.82, 2.24) is 10.6 Å². The molecule has 1 atom stereocenters. The van der Waals surface area contributed by atoms with Gasteiger partial charge in [0.1, 0.15) is 6.04 Å². The third-order valence-electron chi connectivity index (χ3n) is 8.79. The summed E-state index contributed by atoms with van der Waals surface area (Å²) in [4.78, 5) is 34.9. The van der Waals surface area contributed by atoms with Crippen molar-refractivity contribution in [2.75, 3.05) is 12.0 Å². The molecule has 4 aliphatic carbocycles. The van der Waals surface area contributed by atoms with Crippen molar-refractivity contribution in [3.8, 4) is 11.1 Å². The van der Waals surface area contributed by atoms with Crippen LogP contribution in [0.3, 0.4) is 0 Å². The van der Waals surface area contributed by atoms with Crippen molar-refractivity contribution in [3.63, 3.8) is 0 Å². The van der Waals surface area contributed by atoms with E-state index in [1.165, 1.54) is 38.5 Å². The molecule has 6 nitrogen and oxygen atoms in total. The predicted molar refractivity (Wildman–Crippen MR) is 165 cm³/mol. The fourth-order valence-corrected chi connectivity index (χ4v) is 7.72. The number of benzene rings is 2. The van der Waals surface area contributed by atoms with Crippen LogP contribution in [-0.4, -0.2) is 65.8 Å². The molecule has 8 heteroatoms. The van der Waals surface area contributed by atoms with Crippen LogP contribution >= 0.6 is 11.8 Å². The Balaban J connectivity index is 0.000000261. The van der Waals surface area contributed by atoms with Gasteiger partial charge >= 0.3 is 24.8 Å². The van der Waals surface area contributed by atoms with Crippen LogP contribution in [0.1, 0.15) is 73.4 Å². The second kappa shape index (κ2) is 14.6. The summed E-state index contributed by atoms with van der Waals surface area (Å²) in [5.41, 5.74) is 4.78. The summed E-state index contributed by atoms with van der Waals surface area (Å²) < 4.78 is 0. The summed E-state index contributed by atoms with van der Waals surface area (Å²) >= 11 is 1.56. The Morgan fingerprint density at radius 1 is 1.05 bits per heavy atom. The molecule has 0 aromatic heterocycles. The number of aryl methyl sites for hydroxylation is 2. The molecule has 4 saturated carbocycles. The van der Waals surface area contributed by atoms with Crippen LogP contribution in [0.2, 0.25) is 0 Å². The van der Waals surface area contributed by atoms with E-state index in [9.17, 15) is 19.5 Å². The Kier molecular flexibility index (Phi) is 11.8. The third kappa shape index (κ3) is 7.75. The molecule has 40 heavy (non-hydrogen) atoms. The van der Waals surface area contributed by atoms with Gasteiger partial charge in [0, 0.05) is 11.1 Å². The van der Waals surface area contributed by atoms with Gasteiger partial charge in [-0.1, -0.05) is 43.3 Å². The molecule has 6 rings (SSSR count). The van der Waals surface area contributed by atoms with Crippen LogP contribution in [0.15, 0.2) is 42.5 Å². The molecule has 0 radical (unpaired) electrons. The first-order valence-electron chi connectivity index (χ1n) is 14.2. The molecule has 0 saturated heterocycles. The number of carbonyl (C=O) groups excluding carboxylic acids is 2. The zero-order chi connectivity index (χ0) is 28.0. The van der Waals surface area contributed by atoms with E-state index in [0.717, 1.165) is 52.8 Å². The van der Waals surface area contributed by atoms with Crippen molar-refractivity contribution in [1.29, 1.82) is 0 Å². The van der Waals surface area contributed by atoms with Crippen LogP contribution in [0.4, 0.5) is 0 Å². The van der Waals surface area contributed by atoms with Crippen LogP contribution in [-0.2, 0) is 16.0 Å². The maximum atomic E-state index is 12.8. The molecule has 0 spiro atoms.